The van der Waals surface area contributed by atoms with Crippen LogP contribution in [0.15, 0.2) is 66.7 Å². The van der Waals surface area contributed by atoms with Gasteiger partial charge in [-0.05, 0) is 54.3 Å². The Labute approximate surface area is 182 Å². The number of carbonyl (C=O) groups excluding carboxylic acids is 2. The lowest BCUT2D eigenvalue weighted by atomic mass is 9.88. The molecule has 4 nitrogen and oxygen atoms in total. The second-order valence-corrected chi connectivity index (χ2v) is 8.78. The van der Waals surface area contributed by atoms with Crippen LogP contribution in [0.5, 0.6) is 0 Å². The van der Waals surface area contributed by atoms with Crippen molar-refractivity contribution < 1.29 is 14.0 Å². The zero-order valence-corrected chi connectivity index (χ0v) is 17.9. The monoisotopic (exact) mass is 418 g/mol. The number of piperidine rings is 1. The number of nitrogens with zero attached hydrogens (tertiary/aromatic N) is 1. The molecule has 4 rings (SSSR count). The molecule has 1 N–H and O–H groups in total. The topological polar surface area (TPSA) is 49.4 Å². The number of carbonyl (C=O) groups is 2. The van der Waals surface area contributed by atoms with Gasteiger partial charge in [0, 0.05) is 19.5 Å². The number of amides is 2. The van der Waals surface area contributed by atoms with E-state index in [-0.39, 0.29) is 23.5 Å². The summed E-state index contributed by atoms with van der Waals surface area (Å²) in [5, 5.41) is 5.45. The molecule has 1 saturated heterocycles. The molecule has 0 radical (unpaired) electrons. The number of halogens is 1. The Kier molecular flexibility index (Phi) is 5.77. The highest BCUT2D eigenvalue weighted by Crippen LogP contribution is 2.29. The Hall–Kier alpha value is -3.21. The lowest BCUT2D eigenvalue weighted by molar-refractivity contribution is -0.139. The van der Waals surface area contributed by atoms with Crippen molar-refractivity contribution in [1.82, 2.24) is 10.2 Å². The van der Waals surface area contributed by atoms with Crippen molar-refractivity contribution in [2.45, 2.75) is 38.8 Å². The van der Waals surface area contributed by atoms with Gasteiger partial charge in [0.05, 0.1) is 11.5 Å². The molecular weight excluding hydrogens is 391 g/mol. The maximum absolute atomic E-state index is 13.5. The molecule has 0 aliphatic carbocycles. The normalized spacial score (nSPS) is 17.1. The van der Waals surface area contributed by atoms with Crippen molar-refractivity contribution >= 4 is 22.6 Å². The van der Waals surface area contributed by atoms with Crippen molar-refractivity contribution in [1.29, 1.82) is 0 Å². The second-order valence-electron chi connectivity index (χ2n) is 8.78. The average Bonchev–Trinajstić information content (AvgIpc) is 2.74. The van der Waals surface area contributed by atoms with Crippen molar-refractivity contribution in [3.8, 4) is 0 Å². The number of hydrogen-bond donors (Lipinski definition) is 1. The summed E-state index contributed by atoms with van der Waals surface area (Å²) in [5.41, 5.74) is 1.22. The van der Waals surface area contributed by atoms with E-state index in [0.717, 1.165) is 21.9 Å². The molecule has 3 aromatic rings. The number of hydrogen-bond acceptors (Lipinski definition) is 2. The van der Waals surface area contributed by atoms with Gasteiger partial charge in [-0.2, -0.15) is 0 Å². The summed E-state index contributed by atoms with van der Waals surface area (Å²) in [7, 11) is 0. The zero-order chi connectivity index (χ0) is 22.0. The van der Waals surface area contributed by atoms with Crippen LogP contribution in [0.3, 0.4) is 0 Å². The molecule has 2 amide bonds. The Morgan fingerprint density at radius 2 is 1.84 bits per heavy atom. The molecule has 1 fully saturated rings. The van der Waals surface area contributed by atoms with Crippen LogP contribution in [0.25, 0.3) is 10.8 Å². The summed E-state index contributed by atoms with van der Waals surface area (Å²) in [6.45, 7) is 4.66. The van der Waals surface area contributed by atoms with Gasteiger partial charge >= 0.3 is 0 Å². The Morgan fingerprint density at radius 3 is 2.65 bits per heavy atom. The first-order valence-electron chi connectivity index (χ1n) is 10.7. The molecule has 1 aliphatic rings. The van der Waals surface area contributed by atoms with E-state index in [0.29, 0.717) is 25.9 Å². The molecule has 0 spiro atoms. The molecule has 0 bridgehead atoms. The fourth-order valence-corrected chi connectivity index (χ4v) is 4.39. The minimum atomic E-state index is -0.563. The van der Waals surface area contributed by atoms with Gasteiger partial charge in [0.15, 0.2) is 0 Å². The van der Waals surface area contributed by atoms with E-state index in [1.165, 1.54) is 12.1 Å². The Balaban J connectivity index is 1.49. The van der Waals surface area contributed by atoms with E-state index < -0.39 is 5.54 Å². The van der Waals surface area contributed by atoms with E-state index in [9.17, 15) is 14.0 Å². The van der Waals surface area contributed by atoms with Crippen LogP contribution < -0.4 is 5.32 Å². The highest BCUT2D eigenvalue weighted by atomic mass is 19.1. The van der Waals surface area contributed by atoms with Gasteiger partial charge in [0.1, 0.15) is 5.82 Å². The number of benzene rings is 3. The number of nitrogens with one attached hydrogen (secondary N) is 1. The van der Waals surface area contributed by atoms with E-state index in [1.807, 2.05) is 38.1 Å². The quantitative estimate of drug-likeness (QED) is 0.649. The van der Waals surface area contributed by atoms with Crippen molar-refractivity contribution in [3.05, 3.63) is 83.7 Å². The number of fused-ring (bicyclic) bond motifs is 1. The van der Waals surface area contributed by atoms with Crippen molar-refractivity contribution in [2.75, 3.05) is 6.54 Å². The first kappa shape index (κ1) is 21.0. The van der Waals surface area contributed by atoms with E-state index in [4.69, 9.17) is 0 Å². The van der Waals surface area contributed by atoms with E-state index in [1.54, 1.807) is 17.0 Å². The third kappa shape index (κ3) is 4.61. The lowest BCUT2D eigenvalue weighted by Crippen LogP contribution is -2.49. The van der Waals surface area contributed by atoms with Crippen LogP contribution in [0.2, 0.25) is 0 Å². The molecule has 0 unspecified atom stereocenters. The Morgan fingerprint density at radius 1 is 1.10 bits per heavy atom. The maximum atomic E-state index is 13.5. The van der Waals surface area contributed by atoms with Gasteiger partial charge in [-0.25, -0.2) is 4.39 Å². The average molecular weight is 419 g/mol. The predicted molar refractivity (Wildman–Crippen MR) is 120 cm³/mol. The fourth-order valence-electron chi connectivity index (χ4n) is 4.39. The first-order valence-corrected chi connectivity index (χ1v) is 10.7. The fraction of sp³-hybridized carbons (Fsp3) is 0.308. The summed E-state index contributed by atoms with van der Waals surface area (Å²) >= 11 is 0. The number of rotatable bonds is 5. The molecule has 5 heteroatoms. The zero-order valence-electron chi connectivity index (χ0n) is 17.9. The van der Waals surface area contributed by atoms with Crippen LogP contribution in [0, 0.1) is 11.7 Å². The minimum absolute atomic E-state index is 0.00150. The van der Waals surface area contributed by atoms with Crippen LogP contribution in [-0.2, 0) is 21.7 Å². The highest BCUT2D eigenvalue weighted by Gasteiger charge is 2.33. The first-order chi connectivity index (χ1) is 14.8. The molecule has 3 aromatic carbocycles. The smallest absolute Gasteiger partial charge is 0.225 e. The molecule has 0 aromatic heterocycles. The minimum Gasteiger partial charge on any atom is -0.347 e. The standard InChI is InChI=1S/C26H27FN2O2/c1-26(2,23-12-6-9-19-8-3-4-11-22(19)23)28-25(31)20-13-14-24(30)29(17-20)16-18-7-5-10-21(27)15-18/h3-12,15,20H,13-14,16-17H2,1-2H3,(H,28,31)/t20-/m0/s1. The molecule has 31 heavy (non-hydrogen) atoms. The second kappa shape index (κ2) is 8.50. The summed E-state index contributed by atoms with van der Waals surface area (Å²) in [6.07, 6.45) is 0.845. The predicted octanol–water partition coefficient (Wildman–Crippen LogP) is 4.77. The molecule has 1 atom stereocenters. The molecule has 0 saturated carbocycles. The van der Waals surface area contributed by atoms with Crippen LogP contribution in [0.4, 0.5) is 4.39 Å². The van der Waals surface area contributed by atoms with Gasteiger partial charge in [-0.1, -0.05) is 54.6 Å². The van der Waals surface area contributed by atoms with E-state index >= 15 is 0 Å². The summed E-state index contributed by atoms with van der Waals surface area (Å²) in [5.74, 6) is -0.676. The van der Waals surface area contributed by atoms with Gasteiger partial charge in [0.2, 0.25) is 11.8 Å². The van der Waals surface area contributed by atoms with Crippen molar-refractivity contribution in [2.24, 2.45) is 5.92 Å². The number of likely N-dealkylation sites (tertiary alicyclic amines) is 1. The molecular formula is C26H27FN2O2. The van der Waals surface area contributed by atoms with Crippen molar-refractivity contribution in [3.63, 3.8) is 0 Å². The third-order valence-corrected chi connectivity index (χ3v) is 6.03. The summed E-state index contributed by atoms with van der Waals surface area (Å²) in [4.78, 5) is 27.2. The van der Waals surface area contributed by atoms with Gasteiger partial charge in [-0.3, -0.25) is 9.59 Å². The van der Waals surface area contributed by atoms with E-state index in [2.05, 4.69) is 23.5 Å². The lowest BCUT2D eigenvalue weighted by Gasteiger charge is -2.35. The van der Waals surface area contributed by atoms with Crippen LogP contribution in [-0.4, -0.2) is 23.3 Å². The highest BCUT2D eigenvalue weighted by molar-refractivity contribution is 5.88. The van der Waals surface area contributed by atoms with Gasteiger partial charge in [0.25, 0.3) is 0 Å². The van der Waals surface area contributed by atoms with Crippen LogP contribution in [0.1, 0.15) is 37.8 Å². The van der Waals surface area contributed by atoms with Crippen LogP contribution >= 0.6 is 0 Å². The SMILES string of the molecule is CC(C)(NC(=O)[C@H]1CCC(=O)N(Cc2cccc(F)c2)C1)c1cccc2ccccc12. The maximum Gasteiger partial charge on any atom is 0.225 e. The Bertz CT molecular complexity index is 1120. The molecule has 1 aliphatic heterocycles. The molecule has 1 heterocycles. The summed E-state index contributed by atoms with van der Waals surface area (Å²) in [6, 6.07) is 20.5. The third-order valence-electron chi connectivity index (χ3n) is 6.03. The molecule has 160 valence electrons. The largest absolute Gasteiger partial charge is 0.347 e. The van der Waals surface area contributed by atoms with Gasteiger partial charge < -0.3 is 10.2 Å². The summed E-state index contributed by atoms with van der Waals surface area (Å²) < 4.78 is 13.5. The van der Waals surface area contributed by atoms with Gasteiger partial charge in [-0.15, -0.1) is 0 Å².